The van der Waals surface area contributed by atoms with Crippen LogP contribution in [-0.4, -0.2) is 70.1 Å². The number of fused-ring (bicyclic) bond motifs is 3. The fourth-order valence-corrected chi connectivity index (χ4v) is 5.91. The number of rotatable bonds is 3. The van der Waals surface area contributed by atoms with E-state index in [4.69, 9.17) is 9.84 Å². The monoisotopic (exact) mass is 454 g/mol. The van der Waals surface area contributed by atoms with E-state index in [-0.39, 0.29) is 17.4 Å². The smallest absolute Gasteiger partial charge is 0.274 e. The minimum Gasteiger partial charge on any atom is -0.378 e. The van der Waals surface area contributed by atoms with Gasteiger partial charge in [0.25, 0.3) is 5.91 Å². The first-order valence-corrected chi connectivity index (χ1v) is 12.2. The number of carbonyl (C=O) groups is 1. The highest BCUT2D eigenvalue weighted by atomic mass is 32.3. The normalized spacial score (nSPS) is 17.9. The Balaban J connectivity index is 1.73. The third-order valence-corrected chi connectivity index (χ3v) is 7.67. The van der Waals surface area contributed by atoms with Crippen molar-refractivity contribution in [3.8, 4) is 16.9 Å². The van der Waals surface area contributed by atoms with Crippen LogP contribution in [0.5, 0.6) is 0 Å². The molecule has 8 nitrogen and oxygen atoms in total. The van der Waals surface area contributed by atoms with Crippen LogP contribution in [0.15, 0.2) is 53.4 Å². The van der Waals surface area contributed by atoms with Crippen molar-refractivity contribution < 1.29 is 18.6 Å². The molecule has 0 aliphatic carbocycles. The Hall–Kier alpha value is -2.85. The number of carbonyl (C=O) groups excluding carboxylic acids is 1. The van der Waals surface area contributed by atoms with Crippen molar-refractivity contribution in [2.45, 2.75) is 10.6 Å². The Bertz CT molecular complexity index is 1180. The highest BCUT2D eigenvalue weighted by molar-refractivity contribution is 8.23. The summed E-state index contributed by atoms with van der Waals surface area (Å²) in [5.74, 6) is -0.236. The molecule has 0 spiro atoms. The minimum atomic E-state index is -3.09. The maximum absolute atomic E-state index is 13.4. The Kier molecular flexibility index (Phi) is 5.21. The summed E-state index contributed by atoms with van der Waals surface area (Å²) in [6.07, 6.45) is 0. The van der Waals surface area contributed by atoms with Crippen LogP contribution in [0.3, 0.4) is 0 Å². The van der Waals surface area contributed by atoms with Gasteiger partial charge >= 0.3 is 0 Å². The Morgan fingerprint density at radius 2 is 1.84 bits per heavy atom. The lowest BCUT2D eigenvalue weighted by Gasteiger charge is -2.38. The molecule has 1 amide bonds. The second kappa shape index (κ2) is 7.93. The molecule has 3 heterocycles. The lowest BCUT2D eigenvalue weighted by atomic mass is 10.0. The van der Waals surface area contributed by atoms with Gasteiger partial charge in [-0.15, -0.1) is 0 Å². The summed E-state index contributed by atoms with van der Waals surface area (Å²) in [4.78, 5) is 17.7. The zero-order valence-electron chi connectivity index (χ0n) is 18.1. The van der Waals surface area contributed by atoms with Crippen LogP contribution in [0.4, 0.5) is 5.69 Å². The number of anilines is 1. The van der Waals surface area contributed by atoms with E-state index in [2.05, 4.69) is 0 Å². The van der Waals surface area contributed by atoms with Crippen LogP contribution in [0.2, 0.25) is 0 Å². The van der Waals surface area contributed by atoms with Crippen molar-refractivity contribution in [3.63, 3.8) is 0 Å². The molecule has 5 rings (SSSR count). The second-order valence-electron chi connectivity index (χ2n) is 8.21. The SMILES string of the molecule is CN(C)c1cccc(-n2nc(C(=O)N3CCOCC3)c3c2-c2ccccc2S(O)(O)C3)c1. The Morgan fingerprint density at radius 3 is 2.59 bits per heavy atom. The molecule has 32 heavy (non-hydrogen) atoms. The van der Waals surface area contributed by atoms with Crippen molar-refractivity contribution in [2.75, 3.05) is 45.3 Å². The van der Waals surface area contributed by atoms with Gasteiger partial charge in [0.15, 0.2) is 5.69 Å². The van der Waals surface area contributed by atoms with Gasteiger partial charge in [-0.2, -0.15) is 15.7 Å². The third-order valence-electron chi connectivity index (χ3n) is 5.92. The van der Waals surface area contributed by atoms with Gasteiger partial charge in [-0.1, -0.05) is 24.3 Å². The highest BCUT2D eigenvalue weighted by Crippen LogP contribution is 2.59. The molecular weight excluding hydrogens is 428 g/mol. The van der Waals surface area contributed by atoms with Gasteiger partial charge in [-0.05, 0) is 24.3 Å². The molecule has 1 saturated heterocycles. The summed E-state index contributed by atoms with van der Waals surface area (Å²) in [6, 6.07) is 15.2. The van der Waals surface area contributed by atoms with Gasteiger partial charge in [0.2, 0.25) is 0 Å². The number of hydrogen-bond acceptors (Lipinski definition) is 6. The van der Waals surface area contributed by atoms with Crippen molar-refractivity contribution in [2.24, 2.45) is 0 Å². The number of morpholine rings is 1. The van der Waals surface area contributed by atoms with Crippen LogP contribution < -0.4 is 4.90 Å². The molecule has 0 unspecified atom stereocenters. The number of ether oxygens (including phenoxy) is 1. The van der Waals surface area contributed by atoms with Crippen molar-refractivity contribution in [1.29, 1.82) is 0 Å². The molecule has 9 heteroatoms. The van der Waals surface area contributed by atoms with Gasteiger partial charge in [-0.3, -0.25) is 13.9 Å². The zero-order valence-corrected chi connectivity index (χ0v) is 18.9. The van der Waals surface area contributed by atoms with E-state index in [0.717, 1.165) is 17.1 Å². The maximum Gasteiger partial charge on any atom is 0.274 e. The fourth-order valence-electron chi connectivity index (χ4n) is 4.27. The lowest BCUT2D eigenvalue weighted by molar-refractivity contribution is 0.0298. The van der Waals surface area contributed by atoms with E-state index in [1.807, 2.05) is 55.4 Å². The average molecular weight is 455 g/mol. The summed E-state index contributed by atoms with van der Waals surface area (Å²) < 4.78 is 29.0. The van der Waals surface area contributed by atoms with Crippen LogP contribution >= 0.6 is 10.6 Å². The van der Waals surface area contributed by atoms with E-state index in [0.29, 0.717) is 42.3 Å². The molecule has 0 atom stereocenters. The van der Waals surface area contributed by atoms with Crippen molar-refractivity contribution >= 4 is 22.2 Å². The van der Waals surface area contributed by atoms with Gasteiger partial charge in [-0.25, -0.2) is 4.68 Å². The molecule has 1 aromatic heterocycles. The summed E-state index contributed by atoms with van der Waals surface area (Å²) in [7, 11) is 0.846. The number of aromatic nitrogens is 2. The Morgan fingerprint density at radius 1 is 1.09 bits per heavy atom. The predicted octanol–water partition coefficient (Wildman–Crippen LogP) is 3.70. The lowest BCUT2D eigenvalue weighted by Crippen LogP contribution is -2.41. The number of benzene rings is 2. The first-order chi connectivity index (χ1) is 15.4. The molecule has 2 aromatic carbocycles. The van der Waals surface area contributed by atoms with Gasteiger partial charge in [0.1, 0.15) is 0 Å². The minimum absolute atomic E-state index is 0.0296. The molecule has 1 fully saturated rings. The first kappa shape index (κ1) is 21.0. The average Bonchev–Trinajstić information content (AvgIpc) is 3.18. The molecule has 168 valence electrons. The summed E-state index contributed by atoms with van der Waals surface area (Å²) >= 11 is 0. The first-order valence-electron chi connectivity index (χ1n) is 10.5. The van der Waals surface area contributed by atoms with Crippen molar-refractivity contribution in [3.05, 3.63) is 59.8 Å². The number of nitrogens with zero attached hydrogens (tertiary/aromatic N) is 4. The fraction of sp³-hybridized carbons (Fsp3) is 0.304. The summed E-state index contributed by atoms with van der Waals surface area (Å²) in [5, 5.41) is 4.76. The van der Waals surface area contributed by atoms with Gasteiger partial charge < -0.3 is 14.5 Å². The molecule has 2 aliphatic rings. The Labute approximate surface area is 188 Å². The van der Waals surface area contributed by atoms with E-state index in [9.17, 15) is 13.9 Å². The van der Waals surface area contributed by atoms with Crippen molar-refractivity contribution in [1.82, 2.24) is 14.7 Å². The van der Waals surface area contributed by atoms with Crippen LogP contribution in [0.25, 0.3) is 16.9 Å². The van der Waals surface area contributed by atoms with Gasteiger partial charge in [0, 0.05) is 44.0 Å². The van der Waals surface area contributed by atoms with Crippen LogP contribution in [0.1, 0.15) is 16.1 Å². The summed E-state index contributed by atoms with van der Waals surface area (Å²) in [6.45, 7) is 1.95. The van der Waals surface area contributed by atoms with E-state index >= 15 is 0 Å². The second-order valence-corrected chi connectivity index (χ2v) is 10.3. The van der Waals surface area contributed by atoms with Crippen LogP contribution in [0, 0.1) is 0 Å². The van der Waals surface area contributed by atoms with Gasteiger partial charge in [0.05, 0.1) is 35.2 Å². The number of amides is 1. The quantitative estimate of drug-likeness (QED) is 0.627. The van der Waals surface area contributed by atoms with E-state index < -0.39 is 10.6 Å². The molecule has 3 aromatic rings. The topological polar surface area (TPSA) is 91.1 Å². The third kappa shape index (κ3) is 3.47. The van der Waals surface area contributed by atoms with E-state index in [1.54, 1.807) is 21.7 Å². The molecule has 0 radical (unpaired) electrons. The largest absolute Gasteiger partial charge is 0.378 e. The molecule has 2 aliphatic heterocycles. The van der Waals surface area contributed by atoms with E-state index in [1.165, 1.54) is 0 Å². The molecular formula is C23H26N4O4S. The highest BCUT2D eigenvalue weighted by Gasteiger charge is 2.37. The standard InChI is InChI=1S/C23H26N4O4S/c1-25(2)16-6-5-7-17(14-16)27-22-18-8-3-4-9-20(18)32(29,30)15-19(22)21(24-27)23(28)26-10-12-31-13-11-26/h3-9,14,29-30H,10-13,15H2,1-2H3. The summed E-state index contributed by atoms with van der Waals surface area (Å²) in [5.41, 5.74) is 4.09. The number of hydrogen-bond donors (Lipinski definition) is 2. The van der Waals surface area contributed by atoms with Crippen LogP contribution in [-0.2, 0) is 10.5 Å². The maximum atomic E-state index is 13.4. The zero-order chi connectivity index (χ0) is 22.5. The predicted molar refractivity (Wildman–Crippen MR) is 125 cm³/mol. The molecule has 0 saturated carbocycles. The molecule has 0 bridgehead atoms. The molecule has 2 N–H and O–H groups in total.